The number of benzene rings is 3. The monoisotopic (exact) mass is 664 g/mol. The summed E-state index contributed by atoms with van der Waals surface area (Å²) in [4.78, 5) is 11.9. The predicted molar refractivity (Wildman–Crippen MR) is 172 cm³/mol. The van der Waals surface area contributed by atoms with Crippen molar-refractivity contribution in [2.45, 2.75) is 38.2 Å². The van der Waals surface area contributed by atoms with Crippen LogP contribution in [0.5, 0.6) is 5.75 Å². The number of aromatic nitrogens is 2. The molecule has 230 valence electrons. The zero-order valence-electron chi connectivity index (χ0n) is 24.3. The van der Waals surface area contributed by atoms with Crippen LogP contribution < -0.4 is 4.74 Å². The van der Waals surface area contributed by atoms with Gasteiger partial charge >= 0.3 is 5.97 Å². The van der Waals surface area contributed by atoms with Gasteiger partial charge in [-0.05, 0) is 55.3 Å². The smallest absolute Gasteiger partial charge is 0.335 e. The van der Waals surface area contributed by atoms with Gasteiger partial charge in [0.05, 0.1) is 38.3 Å². The standard InChI is InChI=1S/C34H27Cl3N2O6/c1-42-30(43-2)17-39-13-12-24-21(14-22(34(40)41)15-29(24)39)9-6-19-10-11-23(16-28(19)37)44-18-25-32(38-45-33(25)20-7-8-20)31-26(35)4-3-5-27(31)36/h3-5,10-16,20,30H,7-8,17-18H2,1-2H3,(H,40,41). The highest BCUT2D eigenvalue weighted by Gasteiger charge is 2.33. The minimum absolute atomic E-state index is 0.115. The molecule has 6 rings (SSSR count). The third kappa shape index (κ3) is 6.55. The van der Waals surface area contributed by atoms with Crippen LogP contribution in [0.1, 0.15) is 51.6 Å². The largest absolute Gasteiger partial charge is 0.489 e. The Morgan fingerprint density at radius 3 is 2.42 bits per heavy atom. The van der Waals surface area contributed by atoms with Gasteiger partial charge in [-0.25, -0.2) is 4.79 Å². The van der Waals surface area contributed by atoms with Gasteiger partial charge in [0.25, 0.3) is 0 Å². The molecule has 3 aromatic carbocycles. The lowest BCUT2D eigenvalue weighted by atomic mass is 10.0. The lowest BCUT2D eigenvalue weighted by molar-refractivity contribution is -0.110. The van der Waals surface area contributed by atoms with Crippen molar-refractivity contribution in [3.8, 4) is 28.8 Å². The average molecular weight is 666 g/mol. The SMILES string of the molecule is COC(Cn1ccc2c(C#Cc3ccc(OCc4c(-c5c(Cl)cccc5Cl)noc4C4CC4)cc3Cl)cc(C(=O)O)cc21)OC. The van der Waals surface area contributed by atoms with E-state index >= 15 is 0 Å². The fraction of sp³-hybridized carbons (Fsp3) is 0.235. The van der Waals surface area contributed by atoms with E-state index in [4.69, 9.17) is 53.5 Å². The molecular formula is C34H27Cl3N2O6. The number of ether oxygens (including phenoxy) is 3. The van der Waals surface area contributed by atoms with Crippen molar-refractivity contribution in [1.29, 1.82) is 0 Å². The molecule has 45 heavy (non-hydrogen) atoms. The number of carboxylic acid groups (broad SMARTS) is 1. The van der Waals surface area contributed by atoms with Gasteiger partial charge in [0.15, 0.2) is 6.29 Å². The van der Waals surface area contributed by atoms with Gasteiger partial charge in [0.1, 0.15) is 23.8 Å². The second-order valence-electron chi connectivity index (χ2n) is 10.6. The van der Waals surface area contributed by atoms with E-state index in [-0.39, 0.29) is 18.1 Å². The van der Waals surface area contributed by atoms with Crippen molar-refractivity contribution in [2.75, 3.05) is 14.2 Å². The normalized spacial score (nSPS) is 12.8. The van der Waals surface area contributed by atoms with Crippen LogP contribution in [0.25, 0.3) is 22.2 Å². The maximum Gasteiger partial charge on any atom is 0.335 e. The summed E-state index contributed by atoms with van der Waals surface area (Å²) in [5.74, 6) is 6.74. The Kier molecular flexibility index (Phi) is 9.09. The molecule has 1 N–H and O–H groups in total. The van der Waals surface area contributed by atoms with Crippen LogP contribution in [0.15, 0.2) is 65.3 Å². The summed E-state index contributed by atoms with van der Waals surface area (Å²) in [7, 11) is 3.10. The molecule has 2 aromatic heterocycles. The molecule has 0 bridgehead atoms. The minimum atomic E-state index is -1.06. The Morgan fingerprint density at radius 2 is 1.76 bits per heavy atom. The molecule has 1 fully saturated rings. The maximum absolute atomic E-state index is 11.9. The van der Waals surface area contributed by atoms with Crippen LogP contribution in [0.2, 0.25) is 15.1 Å². The van der Waals surface area contributed by atoms with E-state index in [1.54, 1.807) is 62.8 Å². The van der Waals surface area contributed by atoms with Gasteiger partial charge in [-0.15, -0.1) is 0 Å². The third-order valence-electron chi connectivity index (χ3n) is 7.63. The van der Waals surface area contributed by atoms with Crippen LogP contribution in [0.4, 0.5) is 0 Å². The first kappa shape index (κ1) is 31.0. The fourth-order valence-electron chi connectivity index (χ4n) is 5.11. The molecule has 0 unspecified atom stereocenters. The number of aromatic carboxylic acids is 1. The van der Waals surface area contributed by atoms with Gasteiger partial charge in [-0.2, -0.15) is 0 Å². The summed E-state index contributed by atoms with van der Waals surface area (Å²) in [5, 5.41) is 16.2. The minimum Gasteiger partial charge on any atom is -0.489 e. The number of rotatable bonds is 10. The molecule has 0 atom stereocenters. The first-order valence-electron chi connectivity index (χ1n) is 14.1. The zero-order valence-corrected chi connectivity index (χ0v) is 26.5. The molecule has 5 aromatic rings. The van der Waals surface area contributed by atoms with Gasteiger partial charge < -0.3 is 28.4 Å². The second kappa shape index (κ2) is 13.2. The van der Waals surface area contributed by atoms with E-state index < -0.39 is 12.3 Å². The number of carboxylic acids is 1. The van der Waals surface area contributed by atoms with Crippen LogP contribution in [0.3, 0.4) is 0 Å². The molecule has 1 aliphatic carbocycles. The summed E-state index contributed by atoms with van der Waals surface area (Å²) < 4.78 is 24.4. The van der Waals surface area contributed by atoms with Gasteiger partial charge in [-0.1, -0.05) is 57.9 Å². The maximum atomic E-state index is 11.9. The number of fused-ring (bicyclic) bond motifs is 1. The molecule has 0 radical (unpaired) electrons. The van der Waals surface area contributed by atoms with Crippen LogP contribution in [0, 0.1) is 11.8 Å². The molecule has 0 aliphatic heterocycles. The Labute approximate surface area is 274 Å². The van der Waals surface area contributed by atoms with Crippen LogP contribution >= 0.6 is 34.8 Å². The zero-order chi connectivity index (χ0) is 31.7. The van der Waals surface area contributed by atoms with E-state index in [1.807, 2.05) is 16.8 Å². The Bertz CT molecular complexity index is 1940. The number of methoxy groups -OCH3 is 2. The fourth-order valence-corrected chi connectivity index (χ4v) is 5.91. The molecule has 2 heterocycles. The molecular weight excluding hydrogens is 639 g/mol. The van der Waals surface area contributed by atoms with Gasteiger partial charge in [0, 0.05) is 54.5 Å². The summed E-state index contributed by atoms with van der Waals surface area (Å²) in [6.45, 7) is 0.557. The van der Waals surface area contributed by atoms with Gasteiger partial charge in [-0.3, -0.25) is 0 Å². The van der Waals surface area contributed by atoms with E-state index in [0.29, 0.717) is 55.3 Å². The molecule has 0 spiro atoms. The number of halogens is 3. The first-order valence-corrected chi connectivity index (χ1v) is 15.2. The second-order valence-corrected chi connectivity index (χ2v) is 11.8. The average Bonchev–Trinajstić information content (AvgIpc) is 3.66. The number of hydrogen-bond donors (Lipinski definition) is 1. The molecule has 11 heteroatoms. The van der Waals surface area contributed by atoms with Crippen molar-refractivity contribution < 1.29 is 28.6 Å². The summed E-state index contributed by atoms with van der Waals surface area (Å²) in [5.41, 5.74) is 3.89. The topological polar surface area (TPSA) is 96.0 Å². The first-order chi connectivity index (χ1) is 21.8. The molecule has 1 aliphatic rings. The molecule has 0 amide bonds. The summed E-state index contributed by atoms with van der Waals surface area (Å²) in [6, 6.07) is 15.6. The highest BCUT2D eigenvalue weighted by atomic mass is 35.5. The Morgan fingerprint density at radius 1 is 1.02 bits per heavy atom. The quantitative estimate of drug-likeness (QED) is 0.118. The van der Waals surface area contributed by atoms with Crippen LogP contribution in [-0.2, 0) is 22.6 Å². The van der Waals surface area contributed by atoms with Crippen molar-refractivity contribution in [2.24, 2.45) is 0 Å². The number of nitrogens with zero attached hydrogens (tertiary/aromatic N) is 2. The lowest BCUT2D eigenvalue weighted by Crippen LogP contribution is -2.20. The van der Waals surface area contributed by atoms with Crippen molar-refractivity contribution >= 4 is 51.7 Å². The van der Waals surface area contributed by atoms with Crippen LogP contribution in [-0.4, -0.2) is 41.3 Å². The van der Waals surface area contributed by atoms with Crippen molar-refractivity contribution in [3.05, 3.63) is 104 Å². The third-order valence-corrected chi connectivity index (χ3v) is 8.57. The Hall–Kier alpha value is -3.97. The number of hydrogen-bond acceptors (Lipinski definition) is 6. The van der Waals surface area contributed by atoms with Gasteiger partial charge in [0.2, 0.25) is 0 Å². The summed E-state index contributed by atoms with van der Waals surface area (Å²) in [6.07, 6.45) is 3.39. The highest BCUT2D eigenvalue weighted by molar-refractivity contribution is 6.39. The molecule has 8 nitrogen and oxygen atoms in total. The van der Waals surface area contributed by atoms with E-state index in [2.05, 4.69) is 17.0 Å². The molecule has 1 saturated carbocycles. The van der Waals surface area contributed by atoms with E-state index in [1.165, 1.54) is 0 Å². The van der Waals surface area contributed by atoms with E-state index in [0.717, 1.165) is 29.6 Å². The van der Waals surface area contributed by atoms with E-state index in [9.17, 15) is 9.90 Å². The Balaban J connectivity index is 1.26. The highest BCUT2D eigenvalue weighted by Crippen LogP contribution is 2.46. The predicted octanol–water partition coefficient (Wildman–Crippen LogP) is 8.43. The van der Waals surface area contributed by atoms with Crippen molar-refractivity contribution in [1.82, 2.24) is 9.72 Å². The summed E-state index contributed by atoms with van der Waals surface area (Å²) >= 11 is 19.6. The van der Waals surface area contributed by atoms with Crippen molar-refractivity contribution in [3.63, 3.8) is 0 Å². The molecule has 0 saturated heterocycles. The number of carbonyl (C=O) groups is 1. The lowest BCUT2D eigenvalue weighted by Gasteiger charge is -2.15.